The number of hydrogen-bond acceptors (Lipinski definition) is 4. The van der Waals surface area contributed by atoms with Crippen LogP contribution in [-0.4, -0.2) is 37.6 Å². The molecule has 1 aliphatic rings. The van der Waals surface area contributed by atoms with Crippen LogP contribution < -0.4 is 20.1 Å². The molecule has 0 saturated heterocycles. The van der Waals surface area contributed by atoms with Gasteiger partial charge in [0.15, 0.2) is 11.5 Å². The summed E-state index contributed by atoms with van der Waals surface area (Å²) in [7, 11) is 0. The predicted molar refractivity (Wildman–Crippen MR) is 92.8 cm³/mol. The molecular weight excluding hydrogens is 320 g/mol. The topological polar surface area (TPSA) is 76.7 Å². The Morgan fingerprint density at radius 1 is 0.960 bits per heavy atom. The summed E-state index contributed by atoms with van der Waals surface area (Å²) in [5.74, 6) is 1.07. The quantitative estimate of drug-likeness (QED) is 0.840. The first-order valence-electron chi connectivity index (χ1n) is 8.21. The van der Waals surface area contributed by atoms with Crippen LogP contribution in [0.25, 0.3) is 0 Å². The zero-order valence-corrected chi connectivity index (χ0v) is 13.7. The van der Waals surface area contributed by atoms with Gasteiger partial charge in [-0.2, -0.15) is 0 Å². The zero-order valence-electron chi connectivity index (χ0n) is 13.7. The number of carbonyl (C=O) groups excluding carboxylic acids is 2. The van der Waals surface area contributed by atoms with Gasteiger partial charge in [0.2, 0.25) is 5.91 Å². The molecule has 2 aromatic carbocycles. The number of amides is 2. The highest BCUT2D eigenvalue weighted by Gasteiger charge is 2.20. The third kappa shape index (κ3) is 4.73. The van der Waals surface area contributed by atoms with Gasteiger partial charge in [-0.1, -0.05) is 30.3 Å². The maximum absolute atomic E-state index is 11.9. The van der Waals surface area contributed by atoms with Gasteiger partial charge in [0.05, 0.1) is 6.54 Å². The average Bonchev–Trinajstić information content (AvgIpc) is 2.67. The van der Waals surface area contributed by atoms with Gasteiger partial charge in [-0.25, -0.2) is 0 Å². The number of rotatable bonds is 6. The van der Waals surface area contributed by atoms with E-state index in [0.29, 0.717) is 30.2 Å². The van der Waals surface area contributed by atoms with Gasteiger partial charge >= 0.3 is 0 Å². The standard InChI is InChI=1S/C19H20N2O4/c22-18(10-11-20-19(23)14-6-2-1-3-7-14)21-12-15-13-24-16-8-4-5-9-17(16)25-15/h1-9,15H,10-13H2,(H,20,23)(H,21,22)/t15-/m1/s1. The highest BCUT2D eigenvalue weighted by molar-refractivity contribution is 5.94. The Kier molecular flexibility index (Phi) is 5.51. The van der Waals surface area contributed by atoms with Crippen LogP contribution in [0.5, 0.6) is 11.5 Å². The molecule has 0 fully saturated rings. The van der Waals surface area contributed by atoms with Crippen molar-refractivity contribution in [3.8, 4) is 11.5 Å². The second-order valence-corrected chi connectivity index (χ2v) is 5.67. The minimum absolute atomic E-state index is 0.143. The molecule has 0 saturated carbocycles. The van der Waals surface area contributed by atoms with Crippen molar-refractivity contribution < 1.29 is 19.1 Å². The van der Waals surface area contributed by atoms with Gasteiger partial charge in [0.25, 0.3) is 5.91 Å². The van der Waals surface area contributed by atoms with Crippen LogP contribution in [0.3, 0.4) is 0 Å². The minimum Gasteiger partial charge on any atom is -0.486 e. The van der Waals surface area contributed by atoms with Crippen LogP contribution >= 0.6 is 0 Å². The Labute approximate surface area is 146 Å². The first-order chi connectivity index (χ1) is 12.2. The molecule has 2 N–H and O–H groups in total. The molecule has 25 heavy (non-hydrogen) atoms. The fourth-order valence-corrected chi connectivity index (χ4v) is 2.46. The van der Waals surface area contributed by atoms with E-state index in [-0.39, 0.29) is 30.9 Å². The second kappa shape index (κ2) is 8.19. The monoisotopic (exact) mass is 340 g/mol. The van der Waals surface area contributed by atoms with E-state index >= 15 is 0 Å². The third-order valence-electron chi connectivity index (χ3n) is 3.77. The van der Waals surface area contributed by atoms with Crippen molar-refractivity contribution in [2.75, 3.05) is 19.7 Å². The Morgan fingerprint density at radius 3 is 2.48 bits per heavy atom. The summed E-state index contributed by atoms with van der Waals surface area (Å²) in [5, 5.41) is 5.53. The number of nitrogens with one attached hydrogen (secondary N) is 2. The van der Waals surface area contributed by atoms with E-state index in [1.54, 1.807) is 24.3 Å². The average molecular weight is 340 g/mol. The summed E-state index contributed by atoms with van der Waals surface area (Å²) >= 11 is 0. The normalized spacial score (nSPS) is 15.3. The molecular formula is C19H20N2O4. The van der Waals surface area contributed by atoms with Gasteiger partial charge in [0, 0.05) is 18.5 Å². The summed E-state index contributed by atoms with van der Waals surface area (Å²) < 4.78 is 11.4. The molecule has 0 unspecified atom stereocenters. The van der Waals surface area contributed by atoms with Crippen molar-refractivity contribution in [2.45, 2.75) is 12.5 Å². The van der Waals surface area contributed by atoms with Crippen molar-refractivity contribution in [2.24, 2.45) is 0 Å². The van der Waals surface area contributed by atoms with Crippen LogP contribution in [0, 0.1) is 0 Å². The van der Waals surface area contributed by atoms with E-state index in [2.05, 4.69) is 10.6 Å². The van der Waals surface area contributed by atoms with Gasteiger partial charge < -0.3 is 20.1 Å². The van der Waals surface area contributed by atoms with Crippen molar-refractivity contribution in [1.29, 1.82) is 0 Å². The van der Waals surface area contributed by atoms with Crippen LogP contribution in [0.15, 0.2) is 54.6 Å². The van der Waals surface area contributed by atoms with E-state index in [4.69, 9.17) is 9.47 Å². The first-order valence-corrected chi connectivity index (χ1v) is 8.21. The molecule has 0 radical (unpaired) electrons. The van der Waals surface area contributed by atoms with Crippen LogP contribution in [0.1, 0.15) is 16.8 Å². The second-order valence-electron chi connectivity index (χ2n) is 5.67. The van der Waals surface area contributed by atoms with E-state index in [9.17, 15) is 9.59 Å². The molecule has 2 amide bonds. The molecule has 6 heteroatoms. The largest absolute Gasteiger partial charge is 0.486 e. The van der Waals surface area contributed by atoms with Gasteiger partial charge in [-0.05, 0) is 24.3 Å². The van der Waals surface area contributed by atoms with Crippen molar-refractivity contribution in [3.63, 3.8) is 0 Å². The number of hydrogen-bond donors (Lipinski definition) is 2. The summed E-state index contributed by atoms with van der Waals surface area (Å²) in [6, 6.07) is 16.3. The Morgan fingerprint density at radius 2 is 1.68 bits per heavy atom. The molecule has 130 valence electrons. The number of carbonyl (C=O) groups is 2. The van der Waals surface area contributed by atoms with E-state index in [1.807, 2.05) is 30.3 Å². The summed E-state index contributed by atoms with van der Waals surface area (Å²) in [4.78, 5) is 23.8. The zero-order chi connectivity index (χ0) is 17.5. The lowest BCUT2D eigenvalue weighted by atomic mass is 10.2. The lowest BCUT2D eigenvalue weighted by Gasteiger charge is -2.26. The molecule has 6 nitrogen and oxygen atoms in total. The van der Waals surface area contributed by atoms with Crippen LogP contribution in [-0.2, 0) is 4.79 Å². The highest BCUT2D eigenvalue weighted by Crippen LogP contribution is 2.30. The summed E-state index contributed by atoms with van der Waals surface area (Å²) in [6.45, 7) is 1.03. The lowest BCUT2D eigenvalue weighted by Crippen LogP contribution is -2.41. The first kappa shape index (κ1) is 16.8. The van der Waals surface area contributed by atoms with Gasteiger partial charge in [-0.15, -0.1) is 0 Å². The van der Waals surface area contributed by atoms with Crippen molar-refractivity contribution in [3.05, 3.63) is 60.2 Å². The van der Waals surface area contributed by atoms with Crippen LogP contribution in [0.4, 0.5) is 0 Å². The Hall–Kier alpha value is -3.02. The summed E-state index contributed by atoms with van der Waals surface area (Å²) in [5.41, 5.74) is 0.578. The maximum atomic E-state index is 11.9. The van der Waals surface area contributed by atoms with E-state index in [1.165, 1.54) is 0 Å². The molecule has 1 atom stereocenters. The minimum atomic E-state index is -0.224. The number of para-hydroxylation sites is 2. The molecule has 2 aromatic rings. The fraction of sp³-hybridized carbons (Fsp3) is 0.263. The highest BCUT2D eigenvalue weighted by atomic mass is 16.6. The number of benzene rings is 2. The number of ether oxygens (including phenoxy) is 2. The lowest BCUT2D eigenvalue weighted by molar-refractivity contribution is -0.121. The van der Waals surface area contributed by atoms with E-state index < -0.39 is 0 Å². The molecule has 3 rings (SSSR count). The fourth-order valence-electron chi connectivity index (χ4n) is 2.46. The molecule has 1 aliphatic heterocycles. The van der Waals surface area contributed by atoms with Crippen molar-refractivity contribution >= 4 is 11.8 Å². The molecule has 0 aromatic heterocycles. The Bertz CT molecular complexity index is 733. The molecule has 1 heterocycles. The van der Waals surface area contributed by atoms with Gasteiger partial charge in [-0.3, -0.25) is 9.59 Å². The maximum Gasteiger partial charge on any atom is 0.251 e. The summed E-state index contributed by atoms with van der Waals surface area (Å²) in [6.07, 6.45) is -0.0132. The smallest absolute Gasteiger partial charge is 0.251 e. The van der Waals surface area contributed by atoms with Gasteiger partial charge in [0.1, 0.15) is 12.7 Å². The third-order valence-corrected chi connectivity index (χ3v) is 3.77. The Balaban J connectivity index is 1.36. The van der Waals surface area contributed by atoms with Crippen LogP contribution in [0.2, 0.25) is 0 Å². The molecule has 0 aliphatic carbocycles. The SMILES string of the molecule is O=C(CCNC(=O)c1ccccc1)NC[C@@H]1COc2ccccc2O1. The van der Waals surface area contributed by atoms with Crippen molar-refractivity contribution in [1.82, 2.24) is 10.6 Å². The molecule has 0 spiro atoms. The number of fused-ring (bicyclic) bond motifs is 1. The molecule has 0 bridgehead atoms. The predicted octanol–water partition coefficient (Wildman–Crippen LogP) is 1.76. The van der Waals surface area contributed by atoms with E-state index in [0.717, 1.165) is 0 Å².